The van der Waals surface area contributed by atoms with E-state index < -0.39 is 0 Å². The number of carbonyl (C=O) groups is 1. The third-order valence-electron chi connectivity index (χ3n) is 2.84. The summed E-state index contributed by atoms with van der Waals surface area (Å²) in [4.78, 5) is 14.3. The summed E-state index contributed by atoms with van der Waals surface area (Å²) < 4.78 is 1.75. The maximum absolute atomic E-state index is 12.4. The number of hydrogen-bond donors (Lipinski definition) is 0. The minimum atomic E-state index is 0.0338. The molecular formula is C13H22ClN3O. The van der Waals surface area contributed by atoms with Crippen LogP contribution in [0.25, 0.3) is 0 Å². The first-order chi connectivity index (χ1) is 8.63. The molecule has 0 saturated heterocycles. The van der Waals surface area contributed by atoms with Crippen molar-refractivity contribution in [2.24, 2.45) is 0 Å². The van der Waals surface area contributed by atoms with E-state index >= 15 is 0 Å². The standard InChI is InChI=1S/C13H22ClN3O/c1-4-6-8-16(9-7-14)13(18)12-10-11(3)15-17(12)5-2/h10H,4-9H2,1-3H3. The lowest BCUT2D eigenvalue weighted by Crippen LogP contribution is -2.35. The van der Waals surface area contributed by atoms with Crippen molar-refractivity contribution >= 4 is 17.5 Å². The molecule has 1 amide bonds. The second-order valence-electron chi connectivity index (χ2n) is 4.32. The summed E-state index contributed by atoms with van der Waals surface area (Å²) in [6.45, 7) is 8.06. The molecular weight excluding hydrogens is 250 g/mol. The van der Waals surface area contributed by atoms with E-state index in [1.165, 1.54) is 0 Å². The van der Waals surface area contributed by atoms with Gasteiger partial charge in [0.1, 0.15) is 5.69 Å². The van der Waals surface area contributed by atoms with Gasteiger partial charge >= 0.3 is 0 Å². The molecule has 0 unspecified atom stereocenters. The molecule has 0 atom stereocenters. The maximum Gasteiger partial charge on any atom is 0.272 e. The fourth-order valence-corrected chi connectivity index (χ4v) is 2.09. The number of amides is 1. The smallest absolute Gasteiger partial charge is 0.272 e. The van der Waals surface area contributed by atoms with Crippen molar-refractivity contribution in [3.8, 4) is 0 Å². The quantitative estimate of drug-likeness (QED) is 0.715. The molecule has 0 spiro atoms. The third-order valence-corrected chi connectivity index (χ3v) is 3.01. The first-order valence-corrected chi connectivity index (χ1v) is 7.07. The van der Waals surface area contributed by atoms with Crippen molar-refractivity contribution in [3.05, 3.63) is 17.5 Å². The van der Waals surface area contributed by atoms with E-state index in [1.54, 1.807) is 4.68 Å². The van der Waals surface area contributed by atoms with E-state index in [0.29, 0.717) is 24.7 Å². The zero-order valence-electron chi connectivity index (χ0n) is 11.4. The van der Waals surface area contributed by atoms with Crippen LogP contribution in [0.15, 0.2) is 6.07 Å². The number of rotatable bonds is 7. The molecule has 18 heavy (non-hydrogen) atoms. The zero-order valence-corrected chi connectivity index (χ0v) is 12.2. The first kappa shape index (κ1) is 15.0. The summed E-state index contributed by atoms with van der Waals surface area (Å²) in [6, 6.07) is 1.85. The monoisotopic (exact) mass is 271 g/mol. The maximum atomic E-state index is 12.4. The average Bonchev–Trinajstić information content (AvgIpc) is 2.75. The van der Waals surface area contributed by atoms with Gasteiger partial charge in [-0.05, 0) is 26.3 Å². The summed E-state index contributed by atoms with van der Waals surface area (Å²) >= 11 is 5.77. The highest BCUT2D eigenvalue weighted by molar-refractivity contribution is 6.18. The summed E-state index contributed by atoms with van der Waals surface area (Å²) in [5.74, 6) is 0.501. The van der Waals surface area contributed by atoms with Gasteiger partial charge in [0.25, 0.3) is 5.91 Å². The summed E-state index contributed by atoms with van der Waals surface area (Å²) in [5, 5.41) is 4.31. The molecule has 0 N–H and O–H groups in total. The molecule has 0 saturated carbocycles. The number of halogens is 1. The Morgan fingerprint density at radius 3 is 2.72 bits per heavy atom. The largest absolute Gasteiger partial charge is 0.336 e. The normalized spacial score (nSPS) is 10.7. The topological polar surface area (TPSA) is 38.1 Å². The SMILES string of the molecule is CCCCN(CCCl)C(=O)c1cc(C)nn1CC. The van der Waals surface area contributed by atoms with E-state index in [4.69, 9.17) is 11.6 Å². The van der Waals surface area contributed by atoms with Crippen LogP contribution in [0.1, 0.15) is 42.9 Å². The van der Waals surface area contributed by atoms with Gasteiger partial charge in [-0.15, -0.1) is 11.6 Å². The molecule has 0 radical (unpaired) electrons. The van der Waals surface area contributed by atoms with Crippen LogP contribution in [0.2, 0.25) is 0 Å². The van der Waals surface area contributed by atoms with Gasteiger partial charge in [-0.25, -0.2) is 0 Å². The average molecular weight is 272 g/mol. The number of unbranched alkanes of at least 4 members (excludes halogenated alkanes) is 1. The van der Waals surface area contributed by atoms with Gasteiger partial charge in [0.05, 0.1) is 5.69 Å². The van der Waals surface area contributed by atoms with Crippen molar-refractivity contribution in [3.63, 3.8) is 0 Å². The highest BCUT2D eigenvalue weighted by Crippen LogP contribution is 2.09. The first-order valence-electron chi connectivity index (χ1n) is 6.53. The number of aryl methyl sites for hydroxylation is 2. The Morgan fingerprint density at radius 1 is 1.44 bits per heavy atom. The number of aromatic nitrogens is 2. The van der Waals surface area contributed by atoms with Crippen LogP contribution in [0.3, 0.4) is 0 Å². The van der Waals surface area contributed by atoms with E-state index in [9.17, 15) is 4.79 Å². The number of hydrogen-bond acceptors (Lipinski definition) is 2. The van der Waals surface area contributed by atoms with Crippen LogP contribution in [-0.2, 0) is 6.54 Å². The number of nitrogens with zero attached hydrogens (tertiary/aromatic N) is 3. The molecule has 1 aromatic heterocycles. The zero-order chi connectivity index (χ0) is 13.5. The van der Waals surface area contributed by atoms with Gasteiger partial charge in [0.15, 0.2) is 0 Å². The molecule has 0 aliphatic heterocycles. The predicted molar refractivity (Wildman–Crippen MR) is 74.2 cm³/mol. The number of carbonyl (C=O) groups excluding carboxylic acids is 1. The molecule has 1 aromatic rings. The molecule has 0 bridgehead atoms. The van der Waals surface area contributed by atoms with Crippen molar-refractivity contribution in [2.75, 3.05) is 19.0 Å². The molecule has 0 aliphatic carbocycles. The Kier molecular flexibility index (Phi) is 6.19. The molecule has 102 valence electrons. The molecule has 1 rings (SSSR count). The fraction of sp³-hybridized carbons (Fsp3) is 0.692. The van der Waals surface area contributed by atoms with Gasteiger partial charge in [-0.3, -0.25) is 9.48 Å². The minimum Gasteiger partial charge on any atom is -0.336 e. The van der Waals surface area contributed by atoms with Crippen molar-refractivity contribution < 1.29 is 4.79 Å². The molecule has 0 aliphatic rings. The van der Waals surface area contributed by atoms with Crippen molar-refractivity contribution in [1.29, 1.82) is 0 Å². The third kappa shape index (κ3) is 3.73. The molecule has 4 nitrogen and oxygen atoms in total. The lowest BCUT2D eigenvalue weighted by molar-refractivity contribution is 0.0751. The van der Waals surface area contributed by atoms with Crippen LogP contribution in [0.4, 0.5) is 0 Å². The van der Waals surface area contributed by atoms with E-state index in [-0.39, 0.29) is 5.91 Å². The summed E-state index contributed by atoms with van der Waals surface area (Å²) in [6.07, 6.45) is 2.07. The molecule has 0 aromatic carbocycles. The lowest BCUT2D eigenvalue weighted by Gasteiger charge is -2.21. The Morgan fingerprint density at radius 2 is 2.17 bits per heavy atom. The minimum absolute atomic E-state index is 0.0338. The van der Waals surface area contributed by atoms with E-state index in [2.05, 4.69) is 12.0 Å². The van der Waals surface area contributed by atoms with Gasteiger partial charge in [-0.2, -0.15) is 5.10 Å². The molecule has 5 heteroatoms. The highest BCUT2D eigenvalue weighted by Gasteiger charge is 2.19. The van der Waals surface area contributed by atoms with Gasteiger partial charge < -0.3 is 4.90 Å². The predicted octanol–water partition coefficient (Wildman–Crippen LogP) is 2.69. The second kappa shape index (κ2) is 7.41. The Labute approximate surface area is 114 Å². The summed E-state index contributed by atoms with van der Waals surface area (Å²) in [7, 11) is 0. The molecule has 1 heterocycles. The summed E-state index contributed by atoms with van der Waals surface area (Å²) in [5.41, 5.74) is 1.54. The van der Waals surface area contributed by atoms with Crippen LogP contribution < -0.4 is 0 Å². The van der Waals surface area contributed by atoms with Gasteiger partial charge in [0, 0.05) is 25.5 Å². The van der Waals surface area contributed by atoms with Gasteiger partial charge in [-0.1, -0.05) is 13.3 Å². The van der Waals surface area contributed by atoms with Crippen LogP contribution in [-0.4, -0.2) is 39.6 Å². The van der Waals surface area contributed by atoms with Crippen LogP contribution >= 0.6 is 11.6 Å². The van der Waals surface area contributed by atoms with Crippen molar-refractivity contribution in [1.82, 2.24) is 14.7 Å². The lowest BCUT2D eigenvalue weighted by atomic mass is 10.2. The van der Waals surface area contributed by atoms with Crippen LogP contribution in [0.5, 0.6) is 0 Å². The van der Waals surface area contributed by atoms with Crippen LogP contribution in [0, 0.1) is 6.92 Å². The Balaban J connectivity index is 2.86. The van der Waals surface area contributed by atoms with E-state index in [0.717, 1.165) is 25.1 Å². The second-order valence-corrected chi connectivity index (χ2v) is 4.70. The fourth-order valence-electron chi connectivity index (χ4n) is 1.89. The highest BCUT2D eigenvalue weighted by atomic mass is 35.5. The van der Waals surface area contributed by atoms with E-state index in [1.807, 2.05) is 24.8 Å². The Hall–Kier alpha value is -1.03. The van der Waals surface area contributed by atoms with Crippen molar-refractivity contribution in [2.45, 2.75) is 40.2 Å². The molecule has 0 fully saturated rings. The van der Waals surface area contributed by atoms with Gasteiger partial charge in [0.2, 0.25) is 0 Å². The Bertz CT molecular complexity index is 390. The number of alkyl halides is 1.